The van der Waals surface area contributed by atoms with E-state index in [1.807, 2.05) is 30.5 Å². The fourth-order valence-corrected chi connectivity index (χ4v) is 4.03. The second-order valence-electron chi connectivity index (χ2n) is 8.09. The molecule has 1 saturated carbocycles. The van der Waals surface area contributed by atoms with Gasteiger partial charge in [0, 0.05) is 37.1 Å². The lowest BCUT2D eigenvalue weighted by molar-refractivity contribution is 0.0558. The number of aromatic nitrogens is 1. The van der Waals surface area contributed by atoms with E-state index in [9.17, 15) is 5.11 Å². The number of aliphatic hydroxyl groups excluding tert-OH is 1. The Kier molecular flexibility index (Phi) is 8.93. The summed E-state index contributed by atoms with van der Waals surface area (Å²) >= 11 is 0. The normalized spacial score (nSPS) is 16.1. The molecule has 1 heterocycles. The van der Waals surface area contributed by atoms with Crippen molar-refractivity contribution in [1.82, 2.24) is 15.2 Å². The molecule has 158 valence electrons. The van der Waals surface area contributed by atoms with Gasteiger partial charge in [-0.2, -0.15) is 0 Å². The molecule has 1 aliphatic carbocycles. The van der Waals surface area contributed by atoms with Gasteiger partial charge in [0.2, 0.25) is 0 Å². The molecule has 5 heteroatoms. The van der Waals surface area contributed by atoms with Crippen LogP contribution in [-0.4, -0.2) is 53.9 Å². The van der Waals surface area contributed by atoms with Gasteiger partial charge in [-0.3, -0.25) is 4.98 Å². The van der Waals surface area contributed by atoms with Gasteiger partial charge in [-0.15, -0.1) is 0 Å². The predicted molar refractivity (Wildman–Crippen MR) is 117 cm³/mol. The Hall–Kier alpha value is -1.95. The van der Waals surface area contributed by atoms with Gasteiger partial charge in [0.15, 0.2) is 0 Å². The molecule has 5 nitrogen and oxygen atoms in total. The number of aliphatic hydroxyl groups is 1. The molecule has 0 amide bonds. The monoisotopic (exact) mass is 397 g/mol. The molecule has 0 bridgehead atoms. The van der Waals surface area contributed by atoms with Crippen LogP contribution in [-0.2, 0) is 13.0 Å². The van der Waals surface area contributed by atoms with E-state index in [1.54, 1.807) is 6.20 Å². The van der Waals surface area contributed by atoms with Crippen molar-refractivity contribution < 1.29 is 9.84 Å². The zero-order chi connectivity index (χ0) is 20.3. The zero-order valence-corrected chi connectivity index (χ0v) is 17.6. The van der Waals surface area contributed by atoms with Crippen molar-refractivity contribution in [3.8, 4) is 5.75 Å². The molecule has 1 aromatic heterocycles. The number of para-hydroxylation sites is 1. The van der Waals surface area contributed by atoms with Crippen molar-refractivity contribution in [2.45, 2.75) is 57.2 Å². The lowest BCUT2D eigenvalue weighted by Crippen LogP contribution is -2.40. The van der Waals surface area contributed by atoms with Gasteiger partial charge in [0.05, 0.1) is 0 Å². The van der Waals surface area contributed by atoms with E-state index < -0.39 is 6.10 Å². The van der Waals surface area contributed by atoms with Crippen LogP contribution in [0.5, 0.6) is 5.75 Å². The van der Waals surface area contributed by atoms with Gasteiger partial charge in [-0.05, 0) is 50.6 Å². The first-order chi connectivity index (χ1) is 14.2. The molecule has 0 saturated heterocycles. The number of benzene rings is 1. The topological polar surface area (TPSA) is 57.6 Å². The number of likely N-dealkylation sites (N-methyl/N-ethyl adjacent to an activating group) is 1. The fourth-order valence-electron chi connectivity index (χ4n) is 4.03. The summed E-state index contributed by atoms with van der Waals surface area (Å²) in [5.41, 5.74) is 2.35. The maximum absolute atomic E-state index is 10.5. The smallest absolute Gasteiger partial charge is 0.123 e. The summed E-state index contributed by atoms with van der Waals surface area (Å²) < 4.78 is 5.98. The second-order valence-corrected chi connectivity index (χ2v) is 8.09. The minimum Gasteiger partial charge on any atom is -0.491 e. The minimum absolute atomic E-state index is 0.323. The summed E-state index contributed by atoms with van der Waals surface area (Å²) in [6.45, 7) is 2.61. The molecule has 0 unspecified atom stereocenters. The average Bonchev–Trinajstić information content (AvgIpc) is 2.77. The number of nitrogens with one attached hydrogen (secondary N) is 1. The predicted octanol–water partition coefficient (Wildman–Crippen LogP) is 3.42. The van der Waals surface area contributed by atoms with Crippen molar-refractivity contribution in [2.75, 3.05) is 26.7 Å². The molecule has 1 atom stereocenters. The Labute approximate surface area is 175 Å². The van der Waals surface area contributed by atoms with Gasteiger partial charge >= 0.3 is 0 Å². The number of nitrogens with zero attached hydrogens (tertiary/aromatic N) is 2. The van der Waals surface area contributed by atoms with E-state index >= 15 is 0 Å². The molecule has 2 N–H and O–H groups in total. The number of hydrogen-bond donors (Lipinski definition) is 2. The van der Waals surface area contributed by atoms with Crippen LogP contribution in [0.15, 0.2) is 48.8 Å². The summed E-state index contributed by atoms with van der Waals surface area (Å²) in [5, 5.41) is 13.9. The van der Waals surface area contributed by atoms with Crippen LogP contribution in [0, 0.1) is 0 Å². The second kappa shape index (κ2) is 11.9. The van der Waals surface area contributed by atoms with Crippen LogP contribution in [0.1, 0.15) is 43.2 Å². The van der Waals surface area contributed by atoms with Crippen LogP contribution in [0.4, 0.5) is 0 Å². The van der Waals surface area contributed by atoms with E-state index in [2.05, 4.69) is 34.4 Å². The van der Waals surface area contributed by atoms with Crippen LogP contribution in [0.3, 0.4) is 0 Å². The first kappa shape index (κ1) is 21.8. The van der Waals surface area contributed by atoms with E-state index in [-0.39, 0.29) is 0 Å². The third kappa shape index (κ3) is 7.42. The molecule has 1 aromatic carbocycles. The Bertz CT molecular complexity index is 704. The Balaban J connectivity index is 1.41. The van der Waals surface area contributed by atoms with Gasteiger partial charge in [0.1, 0.15) is 18.5 Å². The lowest BCUT2D eigenvalue weighted by atomic mass is 9.94. The summed E-state index contributed by atoms with van der Waals surface area (Å²) in [7, 11) is 2.12. The van der Waals surface area contributed by atoms with Gasteiger partial charge < -0.3 is 20.1 Å². The maximum Gasteiger partial charge on any atom is 0.123 e. The lowest BCUT2D eigenvalue weighted by Gasteiger charge is -2.32. The summed E-state index contributed by atoms with van der Waals surface area (Å²) in [5.74, 6) is 0.848. The van der Waals surface area contributed by atoms with Gasteiger partial charge in [0.25, 0.3) is 0 Å². The van der Waals surface area contributed by atoms with Crippen LogP contribution < -0.4 is 10.1 Å². The van der Waals surface area contributed by atoms with Gasteiger partial charge in [-0.25, -0.2) is 0 Å². The number of rotatable bonds is 11. The molecular weight excluding hydrogens is 362 g/mol. The SMILES string of the molecule is CN(C[C@@H](O)COc1ccccc1CNCCc1cccnc1)C1CCCCC1. The molecule has 3 rings (SSSR count). The largest absolute Gasteiger partial charge is 0.491 e. The molecule has 1 fully saturated rings. The van der Waals surface area contributed by atoms with Crippen molar-refractivity contribution in [2.24, 2.45) is 0 Å². The van der Waals surface area contributed by atoms with E-state index in [0.29, 0.717) is 19.2 Å². The van der Waals surface area contributed by atoms with Crippen molar-refractivity contribution in [1.29, 1.82) is 0 Å². The summed E-state index contributed by atoms with van der Waals surface area (Å²) in [4.78, 5) is 6.46. The van der Waals surface area contributed by atoms with Gasteiger partial charge in [-0.1, -0.05) is 43.5 Å². The third-order valence-corrected chi connectivity index (χ3v) is 5.73. The maximum atomic E-state index is 10.5. The minimum atomic E-state index is -0.478. The molecule has 2 aromatic rings. The first-order valence-electron chi connectivity index (χ1n) is 10.9. The van der Waals surface area contributed by atoms with Crippen molar-refractivity contribution in [3.63, 3.8) is 0 Å². The van der Waals surface area contributed by atoms with E-state index in [1.165, 1.54) is 37.7 Å². The molecule has 1 aliphatic rings. The molecule has 0 radical (unpaired) electrons. The highest BCUT2D eigenvalue weighted by Gasteiger charge is 2.20. The summed E-state index contributed by atoms with van der Waals surface area (Å²) in [6, 6.07) is 12.7. The zero-order valence-electron chi connectivity index (χ0n) is 17.6. The molecule has 0 aliphatic heterocycles. The number of ether oxygens (including phenoxy) is 1. The van der Waals surface area contributed by atoms with E-state index in [4.69, 9.17) is 4.74 Å². The third-order valence-electron chi connectivity index (χ3n) is 5.73. The molecule has 0 spiro atoms. The standard InChI is InChI=1S/C24H35N3O2/c1-27(22-10-3-2-4-11-22)18-23(28)19-29-24-12-6-5-9-21(24)17-26-15-13-20-8-7-14-25-16-20/h5-9,12,14,16,22-23,26,28H,2-4,10-11,13,15,17-19H2,1H3/t23-/m1/s1. The average molecular weight is 398 g/mol. The highest BCUT2D eigenvalue weighted by atomic mass is 16.5. The Morgan fingerprint density at radius 3 is 2.79 bits per heavy atom. The highest BCUT2D eigenvalue weighted by Crippen LogP contribution is 2.22. The van der Waals surface area contributed by atoms with E-state index in [0.717, 1.165) is 30.8 Å². The fraction of sp³-hybridized carbons (Fsp3) is 0.542. The highest BCUT2D eigenvalue weighted by molar-refractivity contribution is 5.33. The van der Waals surface area contributed by atoms with Crippen LogP contribution in [0.2, 0.25) is 0 Å². The first-order valence-corrected chi connectivity index (χ1v) is 10.9. The number of hydrogen-bond acceptors (Lipinski definition) is 5. The number of pyridine rings is 1. The van der Waals surface area contributed by atoms with Crippen LogP contribution >= 0.6 is 0 Å². The molecule has 29 heavy (non-hydrogen) atoms. The van der Waals surface area contributed by atoms with Crippen molar-refractivity contribution >= 4 is 0 Å². The Morgan fingerprint density at radius 2 is 2.00 bits per heavy atom. The molecular formula is C24H35N3O2. The summed E-state index contributed by atoms with van der Waals surface area (Å²) in [6.07, 6.45) is 10.6. The van der Waals surface area contributed by atoms with Crippen molar-refractivity contribution in [3.05, 3.63) is 59.9 Å². The van der Waals surface area contributed by atoms with Crippen LogP contribution in [0.25, 0.3) is 0 Å². The Morgan fingerprint density at radius 1 is 1.17 bits per heavy atom. The quantitative estimate of drug-likeness (QED) is 0.569.